The minimum absolute atomic E-state index is 0.135. The van der Waals surface area contributed by atoms with E-state index in [4.69, 9.17) is 0 Å². The molecule has 0 atom stereocenters. The first kappa shape index (κ1) is 16.9. The lowest BCUT2D eigenvalue weighted by atomic mass is 10.2. The molecule has 116 valence electrons. The Bertz CT molecular complexity index is 433. The lowest BCUT2D eigenvalue weighted by molar-refractivity contribution is -0.130. The smallest absolute Gasteiger partial charge is 0.315 e. The van der Waals surface area contributed by atoms with E-state index in [2.05, 4.69) is 15.6 Å². The van der Waals surface area contributed by atoms with Crippen molar-refractivity contribution in [1.29, 1.82) is 0 Å². The van der Waals surface area contributed by atoms with Gasteiger partial charge in [-0.15, -0.1) is 0 Å². The molecule has 1 aromatic heterocycles. The van der Waals surface area contributed by atoms with Crippen molar-refractivity contribution in [2.75, 3.05) is 19.6 Å². The van der Waals surface area contributed by atoms with Crippen LogP contribution >= 0.6 is 0 Å². The Labute approximate surface area is 125 Å². The van der Waals surface area contributed by atoms with Crippen LogP contribution in [0.4, 0.5) is 4.79 Å². The molecule has 2 N–H and O–H groups in total. The SMILES string of the molecule is CCN(CC)C(=O)CCCNC(=O)NCc1ccccn1. The summed E-state index contributed by atoms with van der Waals surface area (Å²) in [5.74, 6) is 0.135. The van der Waals surface area contributed by atoms with Gasteiger partial charge in [0.1, 0.15) is 0 Å². The van der Waals surface area contributed by atoms with Crippen molar-refractivity contribution >= 4 is 11.9 Å². The molecule has 6 nitrogen and oxygen atoms in total. The van der Waals surface area contributed by atoms with Gasteiger partial charge in [-0.1, -0.05) is 6.07 Å². The van der Waals surface area contributed by atoms with Gasteiger partial charge in [0.2, 0.25) is 5.91 Å². The van der Waals surface area contributed by atoms with Crippen molar-refractivity contribution in [3.63, 3.8) is 0 Å². The topological polar surface area (TPSA) is 74.3 Å². The molecule has 3 amide bonds. The Morgan fingerprint density at radius 3 is 2.57 bits per heavy atom. The molecule has 0 saturated heterocycles. The van der Waals surface area contributed by atoms with E-state index in [-0.39, 0.29) is 11.9 Å². The van der Waals surface area contributed by atoms with Crippen LogP contribution in [0.2, 0.25) is 0 Å². The molecule has 0 spiro atoms. The van der Waals surface area contributed by atoms with Crippen molar-refractivity contribution in [2.45, 2.75) is 33.2 Å². The number of hydrogen-bond acceptors (Lipinski definition) is 3. The van der Waals surface area contributed by atoms with Gasteiger partial charge in [0.15, 0.2) is 0 Å². The quantitative estimate of drug-likeness (QED) is 0.714. The highest BCUT2D eigenvalue weighted by atomic mass is 16.2. The van der Waals surface area contributed by atoms with Gasteiger partial charge in [0.05, 0.1) is 12.2 Å². The summed E-state index contributed by atoms with van der Waals surface area (Å²) in [7, 11) is 0. The maximum absolute atomic E-state index is 11.8. The highest BCUT2D eigenvalue weighted by Crippen LogP contribution is 1.97. The van der Waals surface area contributed by atoms with E-state index in [1.54, 1.807) is 11.1 Å². The Kier molecular flexibility index (Phi) is 7.86. The molecule has 0 radical (unpaired) electrons. The molecule has 1 rings (SSSR count). The van der Waals surface area contributed by atoms with E-state index < -0.39 is 0 Å². The number of urea groups is 1. The molecule has 6 heteroatoms. The van der Waals surface area contributed by atoms with Crippen LogP contribution < -0.4 is 10.6 Å². The normalized spacial score (nSPS) is 10.0. The number of carbonyl (C=O) groups excluding carboxylic acids is 2. The van der Waals surface area contributed by atoms with Gasteiger partial charge in [-0.05, 0) is 32.4 Å². The highest BCUT2D eigenvalue weighted by molar-refractivity contribution is 5.76. The number of nitrogens with zero attached hydrogens (tertiary/aromatic N) is 2. The third-order valence-electron chi connectivity index (χ3n) is 3.13. The summed E-state index contributed by atoms with van der Waals surface area (Å²) >= 11 is 0. The molecule has 0 aliphatic carbocycles. The zero-order valence-electron chi connectivity index (χ0n) is 12.8. The van der Waals surface area contributed by atoms with E-state index in [1.807, 2.05) is 32.0 Å². The van der Waals surface area contributed by atoms with Crippen molar-refractivity contribution < 1.29 is 9.59 Å². The summed E-state index contributed by atoms with van der Waals surface area (Å²) in [6.45, 7) is 6.27. The second kappa shape index (κ2) is 9.74. The van der Waals surface area contributed by atoms with Crippen LogP contribution in [0.3, 0.4) is 0 Å². The van der Waals surface area contributed by atoms with Gasteiger partial charge in [0, 0.05) is 32.3 Å². The van der Waals surface area contributed by atoms with Crippen LogP contribution in [0.15, 0.2) is 24.4 Å². The van der Waals surface area contributed by atoms with Crippen molar-refractivity contribution in [2.24, 2.45) is 0 Å². The summed E-state index contributed by atoms with van der Waals surface area (Å²) in [6.07, 6.45) is 2.79. The molecule has 0 unspecified atom stereocenters. The van der Waals surface area contributed by atoms with Crippen molar-refractivity contribution in [3.05, 3.63) is 30.1 Å². The fraction of sp³-hybridized carbons (Fsp3) is 0.533. The maximum Gasteiger partial charge on any atom is 0.315 e. The van der Waals surface area contributed by atoms with Gasteiger partial charge >= 0.3 is 6.03 Å². The third kappa shape index (κ3) is 6.74. The minimum Gasteiger partial charge on any atom is -0.343 e. The molecule has 0 bridgehead atoms. The summed E-state index contributed by atoms with van der Waals surface area (Å²) in [6, 6.07) is 5.32. The standard InChI is InChI=1S/C15H24N4O2/c1-3-19(4-2)14(20)9-7-11-17-15(21)18-12-13-8-5-6-10-16-13/h5-6,8,10H,3-4,7,9,11-12H2,1-2H3,(H2,17,18,21). The predicted octanol–water partition coefficient (Wildman–Crippen LogP) is 1.53. The third-order valence-corrected chi connectivity index (χ3v) is 3.13. The molecule has 0 aromatic carbocycles. The number of nitrogens with one attached hydrogen (secondary N) is 2. The average Bonchev–Trinajstić information content (AvgIpc) is 2.52. The minimum atomic E-state index is -0.240. The van der Waals surface area contributed by atoms with Crippen LogP contribution in [-0.4, -0.2) is 41.5 Å². The van der Waals surface area contributed by atoms with E-state index in [0.29, 0.717) is 25.9 Å². The summed E-state index contributed by atoms with van der Waals surface area (Å²) < 4.78 is 0. The number of carbonyl (C=O) groups is 2. The first-order valence-corrected chi connectivity index (χ1v) is 7.36. The van der Waals surface area contributed by atoms with Crippen LogP contribution in [-0.2, 0) is 11.3 Å². The fourth-order valence-electron chi connectivity index (χ4n) is 1.91. The van der Waals surface area contributed by atoms with Crippen LogP contribution in [0.1, 0.15) is 32.4 Å². The molecule has 0 saturated carbocycles. The number of amides is 3. The Hall–Kier alpha value is -2.11. The zero-order valence-corrected chi connectivity index (χ0v) is 12.8. The zero-order chi connectivity index (χ0) is 15.5. The number of hydrogen-bond donors (Lipinski definition) is 2. The van der Waals surface area contributed by atoms with E-state index in [1.165, 1.54) is 0 Å². The van der Waals surface area contributed by atoms with E-state index in [0.717, 1.165) is 18.8 Å². The van der Waals surface area contributed by atoms with Crippen molar-refractivity contribution in [3.8, 4) is 0 Å². The van der Waals surface area contributed by atoms with Crippen LogP contribution in [0.25, 0.3) is 0 Å². The second-order valence-corrected chi connectivity index (χ2v) is 4.60. The molecule has 0 fully saturated rings. The predicted molar refractivity (Wildman–Crippen MR) is 81.6 cm³/mol. The summed E-state index contributed by atoms with van der Waals surface area (Å²) in [5, 5.41) is 5.46. The fourth-order valence-corrected chi connectivity index (χ4v) is 1.91. The highest BCUT2D eigenvalue weighted by Gasteiger charge is 2.08. The molecular formula is C15H24N4O2. The number of aromatic nitrogens is 1. The largest absolute Gasteiger partial charge is 0.343 e. The first-order valence-electron chi connectivity index (χ1n) is 7.36. The van der Waals surface area contributed by atoms with Crippen LogP contribution in [0, 0.1) is 0 Å². The molecule has 21 heavy (non-hydrogen) atoms. The summed E-state index contributed by atoms with van der Waals surface area (Å²) in [5.41, 5.74) is 0.810. The molecule has 1 aromatic rings. The lowest BCUT2D eigenvalue weighted by Crippen LogP contribution is -2.36. The van der Waals surface area contributed by atoms with Crippen molar-refractivity contribution in [1.82, 2.24) is 20.5 Å². The number of pyridine rings is 1. The number of rotatable bonds is 8. The molecule has 1 heterocycles. The van der Waals surface area contributed by atoms with E-state index in [9.17, 15) is 9.59 Å². The van der Waals surface area contributed by atoms with Crippen LogP contribution in [0.5, 0.6) is 0 Å². The Morgan fingerprint density at radius 2 is 1.95 bits per heavy atom. The van der Waals surface area contributed by atoms with Gasteiger partial charge in [-0.3, -0.25) is 9.78 Å². The molecule has 0 aliphatic heterocycles. The maximum atomic E-state index is 11.8. The molecular weight excluding hydrogens is 268 g/mol. The van der Waals surface area contributed by atoms with Gasteiger partial charge in [-0.25, -0.2) is 4.79 Å². The lowest BCUT2D eigenvalue weighted by Gasteiger charge is -2.18. The average molecular weight is 292 g/mol. The first-order chi connectivity index (χ1) is 10.2. The van der Waals surface area contributed by atoms with Gasteiger partial charge in [-0.2, -0.15) is 0 Å². The van der Waals surface area contributed by atoms with Gasteiger partial charge in [0.25, 0.3) is 0 Å². The molecule has 0 aliphatic rings. The second-order valence-electron chi connectivity index (χ2n) is 4.60. The Morgan fingerprint density at radius 1 is 1.19 bits per heavy atom. The monoisotopic (exact) mass is 292 g/mol. The summed E-state index contributed by atoms with van der Waals surface area (Å²) in [4.78, 5) is 29.2. The van der Waals surface area contributed by atoms with Gasteiger partial charge < -0.3 is 15.5 Å². The Balaban J connectivity index is 2.12. The van der Waals surface area contributed by atoms with E-state index >= 15 is 0 Å².